The van der Waals surface area contributed by atoms with Crippen LogP contribution in [-0.2, 0) is 16.1 Å². The van der Waals surface area contributed by atoms with Crippen molar-refractivity contribution < 1.29 is 18.8 Å². The normalized spacial score (nSPS) is 23.6. The first-order chi connectivity index (χ1) is 11.2. The Balaban J connectivity index is 2.04. The molecule has 1 aromatic carbocycles. The van der Waals surface area contributed by atoms with Crippen molar-refractivity contribution in [2.45, 2.75) is 24.8 Å². The summed E-state index contributed by atoms with van der Waals surface area (Å²) < 4.78 is 14.4. The number of carbonyl (C=O) groups excluding carboxylic acids is 3. The number of fused-ring (bicyclic) bond motifs is 1. The molecule has 112 valence electrons. The van der Waals surface area contributed by atoms with E-state index in [0.29, 0.717) is 15.1 Å². The summed E-state index contributed by atoms with van der Waals surface area (Å²) in [4.78, 5) is 38.0. The van der Waals surface area contributed by atoms with E-state index in [1.165, 1.54) is 0 Å². The van der Waals surface area contributed by atoms with Crippen molar-refractivity contribution in [2.24, 2.45) is 0 Å². The van der Waals surface area contributed by atoms with Gasteiger partial charge in [-0.2, -0.15) is 0 Å². The molecular formula is C13H8B4FN3O3. The average molecular weight is 316 g/mol. The van der Waals surface area contributed by atoms with Gasteiger partial charge in [-0.1, -0.05) is 0 Å². The monoisotopic (exact) mass is 317 g/mol. The van der Waals surface area contributed by atoms with E-state index in [2.05, 4.69) is 0 Å². The van der Waals surface area contributed by atoms with E-state index in [1.54, 1.807) is 0 Å². The molecule has 0 saturated carbocycles. The van der Waals surface area contributed by atoms with Crippen LogP contribution in [0.3, 0.4) is 0 Å². The number of halogens is 1. The van der Waals surface area contributed by atoms with Gasteiger partial charge in [0.25, 0.3) is 5.91 Å². The van der Waals surface area contributed by atoms with Crippen molar-refractivity contribution in [1.29, 1.82) is 0 Å². The largest absolute Gasteiger partial charge is 0.478 e. The third-order valence-corrected chi connectivity index (χ3v) is 4.32. The zero-order valence-corrected chi connectivity index (χ0v) is 12.5. The minimum absolute atomic E-state index is 0.00370. The predicted molar refractivity (Wildman–Crippen MR) is 85.6 cm³/mol. The highest BCUT2D eigenvalue weighted by atomic mass is 19.1. The van der Waals surface area contributed by atoms with E-state index in [9.17, 15) is 18.8 Å². The van der Waals surface area contributed by atoms with Crippen molar-refractivity contribution in [3.05, 3.63) is 29.1 Å². The second kappa shape index (κ2) is 5.43. The fourth-order valence-corrected chi connectivity index (χ4v) is 3.00. The molecule has 0 aliphatic carbocycles. The Morgan fingerprint density at radius 2 is 1.88 bits per heavy atom. The van der Waals surface area contributed by atoms with Gasteiger partial charge in [-0.05, 0) is 18.6 Å². The molecule has 24 heavy (non-hydrogen) atoms. The minimum Gasteiger partial charge on any atom is -0.478 e. The summed E-state index contributed by atoms with van der Waals surface area (Å²) in [7, 11) is 22.5. The minimum atomic E-state index is -1.81. The van der Waals surface area contributed by atoms with Crippen molar-refractivity contribution in [1.82, 2.24) is 9.71 Å². The van der Waals surface area contributed by atoms with Crippen LogP contribution in [0.4, 0.5) is 10.1 Å². The van der Waals surface area contributed by atoms with E-state index in [1.807, 2.05) is 0 Å². The van der Waals surface area contributed by atoms with E-state index in [-0.39, 0.29) is 30.6 Å². The van der Waals surface area contributed by atoms with Crippen LogP contribution in [0.5, 0.6) is 0 Å². The van der Waals surface area contributed by atoms with Gasteiger partial charge >= 0.3 is 0 Å². The molecule has 0 N–H and O–H groups in total. The van der Waals surface area contributed by atoms with E-state index >= 15 is 0 Å². The molecule has 1 aromatic rings. The summed E-state index contributed by atoms with van der Waals surface area (Å²) in [6, 6.07) is 2.09. The summed E-state index contributed by atoms with van der Waals surface area (Å²) in [5.74, 6) is -2.87. The Morgan fingerprint density at radius 1 is 1.21 bits per heavy atom. The second-order valence-corrected chi connectivity index (χ2v) is 5.74. The number of hydrogen-bond donors (Lipinski definition) is 0. The fraction of sp³-hybridized carbons (Fsp3) is 0.308. The quantitative estimate of drug-likeness (QED) is 0.511. The van der Waals surface area contributed by atoms with Crippen LogP contribution < -0.4 is 4.72 Å². The average Bonchev–Trinajstić information content (AvgIpc) is 2.86. The van der Waals surface area contributed by atoms with Crippen LogP contribution in [0, 0.1) is 5.82 Å². The molecule has 11 heteroatoms. The van der Waals surface area contributed by atoms with Crippen LogP contribution in [0.1, 0.15) is 28.8 Å². The van der Waals surface area contributed by atoms with Gasteiger partial charge in [0.1, 0.15) is 13.7 Å². The lowest BCUT2D eigenvalue weighted by molar-refractivity contribution is -0.147. The highest BCUT2D eigenvalue weighted by molar-refractivity contribution is 6.42. The molecule has 2 aliphatic heterocycles. The van der Waals surface area contributed by atoms with Crippen LogP contribution in [-0.4, -0.2) is 64.7 Å². The molecule has 2 heterocycles. The van der Waals surface area contributed by atoms with Crippen LogP contribution in [0.15, 0.2) is 12.1 Å². The predicted octanol–water partition coefficient (Wildman–Crippen LogP) is -1.15. The first-order valence-corrected chi connectivity index (χ1v) is 7.01. The first kappa shape index (κ1) is 16.7. The van der Waals surface area contributed by atoms with Crippen LogP contribution in [0.2, 0.25) is 0 Å². The molecule has 1 unspecified atom stereocenters. The maximum Gasteiger partial charge on any atom is 0.254 e. The number of amides is 3. The maximum absolute atomic E-state index is 13.7. The van der Waals surface area contributed by atoms with Gasteiger partial charge in [-0.15, -0.1) is 0 Å². The fourth-order valence-electron chi connectivity index (χ4n) is 3.00. The molecule has 3 amide bonds. The Morgan fingerprint density at radius 3 is 2.50 bits per heavy atom. The number of hydrogen-bond acceptors (Lipinski definition) is 4. The molecule has 0 spiro atoms. The SMILES string of the molecule is [B]N1C(=O)CCC([B])(N2Cc3c(cc(F)cc3N([B])[B])C2=O)C1=O. The Bertz CT molecular complexity index is 775. The third kappa shape index (κ3) is 2.25. The number of rotatable bonds is 2. The van der Waals surface area contributed by atoms with Crippen molar-refractivity contribution in [3.8, 4) is 0 Å². The number of benzene rings is 1. The zero-order chi connectivity index (χ0) is 17.8. The van der Waals surface area contributed by atoms with Crippen molar-refractivity contribution >= 4 is 55.2 Å². The van der Waals surface area contributed by atoms with Crippen molar-refractivity contribution in [2.75, 3.05) is 4.72 Å². The summed E-state index contributed by atoms with van der Waals surface area (Å²) in [6.45, 7) is -0.112. The molecule has 0 bridgehead atoms. The Hall–Kier alpha value is -2.18. The zero-order valence-electron chi connectivity index (χ0n) is 12.5. The summed E-state index contributed by atoms with van der Waals surface area (Å²) in [6.07, 6.45) is -0.190. The lowest BCUT2D eigenvalue weighted by atomic mass is 9.68. The maximum atomic E-state index is 13.7. The number of imide groups is 1. The number of anilines is 1. The number of nitrogens with zero attached hydrogens (tertiary/aromatic N) is 3. The molecule has 1 fully saturated rings. The summed E-state index contributed by atoms with van der Waals surface area (Å²) >= 11 is 0. The third-order valence-electron chi connectivity index (χ3n) is 4.32. The molecule has 0 aromatic heterocycles. The second-order valence-electron chi connectivity index (χ2n) is 5.74. The van der Waals surface area contributed by atoms with Gasteiger partial charge in [0, 0.05) is 29.8 Å². The smallest absolute Gasteiger partial charge is 0.254 e. The first-order valence-electron chi connectivity index (χ1n) is 7.01. The van der Waals surface area contributed by atoms with Gasteiger partial charge in [0.2, 0.25) is 35.8 Å². The molecule has 3 rings (SSSR count). The van der Waals surface area contributed by atoms with Gasteiger partial charge in [0.15, 0.2) is 0 Å². The molecule has 1 atom stereocenters. The van der Waals surface area contributed by atoms with Crippen LogP contribution >= 0.6 is 0 Å². The van der Waals surface area contributed by atoms with Gasteiger partial charge < -0.3 is 14.4 Å². The number of carbonyl (C=O) groups is 3. The lowest BCUT2D eigenvalue weighted by Gasteiger charge is -2.43. The van der Waals surface area contributed by atoms with Gasteiger partial charge in [-0.3, -0.25) is 14.4 Å². The molecular weight excluding hydrogens is 308 g/mol. The molecule has 6 nitrogen and oxygen atoms in total. The lowest BCUT2D eigenvalue weighted by Crippen LogP contribution is -2.64. The highest BCUT2D eigenvalue weighted by Gasteiger charge is 2.50. The standard InChI is InChI=1S/C13H8B4FN3O3/c14-13(2-1-10(22)20(15)12(13)24)19-5-8-7(11(19)23)3-6(18)4-9(8)21(16)17/h3-4H,1-2,5H2. The van der Waals surface area contributed by atoms with E-state index < -0.39 is 29.0 Å². The van der Waals surface area contributed by atoms with Crippen LogP contribution in [0.25, 0.3) is 0 Å². The van der Waals surface area contributed by atoms with Gasteiger partial charge in [-0.25, -0.2) is 4.39 Å². The van der Waals surface area contributed by atoms with E-state index in [4.69, 9.17) is 31.8 Å². The summed E-state index contributed by atoms with van der Waals surface area (Å²) in [5.41, 5.74) is -1.37. The highest BCUT2D eigenvalue weighted by Crippen LogP contribution is 2.38. The molecule has 2 aliphatic rings. The Labute approximate surface area is 143 Å². The summed E-state index contributed by atoms with van der Waals surface area (Å²) in [5, 5.41) is 0. The van der Waals surface area contributed by atoms with E-state index in [0.717, 1.165) is 17.0 Å². The molecule has 8 radical (unpaired) electrons. The van der Waals surface area contributed by atoms with Crippen molar-refractivity contribution in [3.63, 3.8) is 0 Å². The van der Waals surface area contributed by atoms with Gasteiger partial charge in [0.05, 0.1) is 5.44 Å². The molecule has 1 saturated heterocycles. The number of piperidine rings is 1. The topological polar surface area (TPSA) is 60.9 Å². The Kier molecular flexibility index (Phi) is 3.77.